The average molecular weight is 458 g/mol. The number of nitrogens with one attached hydrogen (secondary N) is 2. The summed E-state index contributed by atoms with van der Waals surface area (Å²) in [5.41, 5.74) is 1.34. The first-order chi connectivity index (χ1) is 13.8. The summed E-state index contributed by atoms with van der Waals surface area (Å²) >= 11 is 0. The summed E-state index contributed by atoms with van der Waals surface area (Å²) in [6.07, 6.45) is 0.684. The van der Waals surface area contributed by atoms with E-state index >= 15 is 0 Å². The van der Waals surface area contributed by atoms with Crippen molar-refractivity contribution >= 4 is 31.6 Å². The molecule has 8 nitrogen and oxygen atoms in total. The third-order valence-electron chi connectivity index (χ3n) is 4.28. The van der Waals surface area contributed by atoms with Gasteiger partial charge in [0.1, 0.15) is 5.82 Å². The monoisotopic (exact) mass is 457 g/mol. The first kappa shape index (κ1) is 23.9. The van der Waals surface area contributed by atoms with E-state index in [9.17, 15) is 26.0 Å². The van der Waals surface area contributed by atoms with Crippen LogP contribution in [0.25, 0.3) is 0 Å². The molecule has 0 heterocycles. The van der Waals surface area contributed by atoms with Crippen molar-refractivity contribution in [2.24, 2.45) is 0 Å². The van der Waals surface area contributed by atoms with Gasteiger partial charge in [-0.15, -0.1) is 0 Å². The van der Waals surface area contributed by atoms with E-state index in [-0.39, 0.29) is 11.3 Å². The van der Waals surface area contributed by atoms with Crippen LogP contribution in [-0.4, -0.2) is 47.4 Å². The van der Waals surface area contributed by atoms with Crippen LogP contribution >= 0.6 is 0 Å². The van der Waals surface area contributed by atoms with E-state index < -0.39 is 37.8 Å². The molecule has 0 bridgehead atoms. The van der Waals surface area contributed by atoms with Crippen molar-refractivity contribution < 1.29 is 26.0 Å². The number of rotatable bonds is 8. The second-order valence-corrected chi connectivity index (χ2v) is 10.9. The van der Waals surface area contributed by atoms with Crippen molar-refractivity contribution in [3.8, 4) is 0 Å². The molecule has 2 aromatic carbocycles. The Morgan fingerprint density at radius 2 is 1.67 bits per heavy atom. The van der Waals surface area contributed by atoms with Crippen LogP contribution in [0.5, 0.6) is 0 Å². The van der Waals surface area contributed by atoms with Crippen molar-refractivity contribution in [1.82, 2.24) is 9.03 Å². The summed E-state index contributed by atoms with van der Waals surface area (Å²) in [6.45, 7) is 1.70. The standard InChI is InChI=1S/C19H24FN3O5S2/c1-13-5-10-16(30(27,28)23(2)3)11-17(13)21-19(24)12-18(22-29(4,25)26)14-6-8-15(20)9-7-14/h5-11,18,22H,12H2,1-4H3,(H,21,24)/t18-/m0/s1. The number of hydrogen-bond acceptors (Lipinski definition) is 5. The lowest BCUT2D eigenvalue weighted by Crippen LogP contribution is -2.31. The van der Waals surface area contributed by atoms with Crippen LogP contribution in [-0.2, 0) is 24.8 Å². The number of aryl methyl sites for hydroxylation is 1. The van der Waals surface area contributed by atoms with Crippen molar-refractivity contribution in [2.75, 3.05) is 25.7 Å². The van der Waals surface area contributed by atoms with E-state index in [1.165, 1.54) is 50.5 Å². The van der Waals surface area contributed by atoms with Gasteiger partial charge in [0.05, 0.1) is 17.2 Å². The molecule has 0 unspecified atom stereocenters. The molecule has 0 aliphatic rings. The minimum atomic E-state index is -3.69. The molecule has 0 aliphatic carbocycles. The van der Waals surface area contributed by atoms with Gasteiger partial charge in [0.2, 0.25) is 26.0 Å². The van der Waals surface area contributed by atoms with E-state index in [1.807, 2.05) is 0 Å². The number of benzene rings is 2. The molecule has 0 aromatic heterocycles. The van der Waals surface area contributed by atoms with E-state index in [4.69, 9.17) is 0 Å². The van der Waals surface area contributed by atoms with Gasteiger partial charge < -0.3 is 5.32 Å². The van der Waals surface area contributed by atoms with Gasteiger partial charge in [-0.05, 0) is 42.3 Å². The number of carbonyl (C=O) groups is 1. The summed E-state index contributed by atoms with van der Waals surface area (Å²) in [4.78, 5) is 12.6. The van der Waals surface area contributed by atoms with Crippen LogP contribution < -0.4 is 10.0 Å². The number of sulfonamides is 2. The third-order valence-corrected chi connectivity index (χ3v) is 6.80. The second-order valence-electron chi connectivity index (χ2n) is 7.01. The Hall–Kier alpha value is -2.34. The lowest BCUT2D eigenvalue weighted by Gasteiger charge is -2.19. The fraction of sp³-hybridized carbons (Fsp3) is 0.316. The van der Waals surface area contributed by atoms with Crippen LogP contribution in [0, 0.1) is 12.7 Å². The van der Waals surface area contributed by atoms with E-state index in [1.54, 1.807) is 13.0 Å². The largest absolute Gasteiger partial charge is 0.326 e. The third kappa shape index (κ3) is 6.33. The summed E-state index contributed by atoms with van der Waals surface area (Å²) in [7, 11) is -4.54. The number of amides is 1. The molecule has 164 valence electrons. The smallest absolute Gasteiger partial charge is 0.242 e. The Morgan fingerprint density at radius 1 is 1.07 bits per heavy atom. The van der Waals surface area contributed by atoms with Gasteiger partial charge in [0.15, 0.2) is 0 Å². The maximum atomic E-state index is 13.2. The van der Waals surface area contributed by atoms with Crippen LogP contribution in [0.3, 0.4) is 0 Å². The normalized spacial score (nSPS) is 13.3. The van der Waals surface area contributed by atoms with E-state index in [0.717, 1.165) is 10.6 Å². The fourth-order valence-corrected chi connectivity index (χ4v) is 4.34. The number of hydrogen-bond donors (Lipinski definition) is 2. The van der Waals surface area contributed by atoms with E-state index in [0.29, 0.717) is 16.8 Å². The Balaban J connectivity index is 2.28. The Bertz CT molecular complexity index is 1130. The zero-order valence-corrected chi connectivity index (χ0v) is 18.6. The number of anilines is 1. The lowest BCUT2D eigenvalue weighted by atomic mass is 10.0. The van der Waals surface area contributed by atoms with Crippen molar-refractivity contribution in [3.63, 3.8) is 0 Å². The Labute approximate surface area is 176 Å². The van der Waals surface area contributed by atoms with Crippen LogP contribution in [0.4, 0.5) is 10.1 Å². The SMILES string of the molecule is Cc1ccc(S(=O)(=O)N(C)C)cc1NC(=O)C[C@H](NS(C)(=O)=O)c1ccc(F)cc1. The molecular formula is C19H24FN3O5S2. The Kier molecular flexibility index (Phi) is 7.35. The van der Waals surface area contributed by atoms with Gasteiger partial charge >= 0.3 is 0 Å². The highest BCUT2D eigenvalue weighted by atomic mass is 32.2. The molecule has 30 heavy (non-hydrogen) atoms. The zero-order chi connectivity index (χ0) is 22.7. The number of nitrogens with zero attached hydrogens (tertiary/aromatic N) is 1. The first-order valence-corrected chi connectivity index (χ1v) is 12.2. The van der Waals surface area contributed by atoms with Gasteiger partial charge in [-0.1, -0.05) is 18.2 Å². The highest BCUT2D eigenvalue weighted by Crippen LogP contribution is 2.24. The summed E-state index contributed by atoms with van der Waals surface area (Å²) in [5, 5.41) is 2.63. The van der Waals surface area contributed by atoms with Gasteiger partial charge in [-0.3, -0.25) is 4.79 Å². The summed E-state index contributed by atoms with van der Waals surface area (Å²) in [5.74, 6) is -1.03. The van der Waals surface area contributed by atoms with Gasteiger partial charge in [0, 0.05) is 26.2 Å². The number of halogens is 1. The second kappa shape index (κ2) is 9.21. The quantitative estimate of drug-likeness (QED) is 0.630. The van der Waals surface area contributed by atoms with Crippen molar-refractivity contribution in [2.45, 2.75) is 24.3 Å². The summed E-state index contributed by atoms with van der Waals surface area (Å²) < 4.78 is 64.7. The molecule has 2 aromatic rings. The van der Waals surface area contributed by atoms with Crippen LogP contribution in [0.2, 0.25) is 0 Å². The molecule has 0 spiro atoms. The molecule has 0 aliphatic heterocycles. The molecule has 2 rings (SSSR count). The molecule has 1 atom stereocenters. The van der Waals surface area contributed by atoms with Crippen LogP contribution in [0.1, 0.15) is 23.6 Å². The van der Waals surface area contributed by atoms with Gasteiger partial charge in [-0.25, -0.2) is 30.3 Å². The van der Waals surface area contributed by atoms with Gasteiger partial charge in [-0.2, -0.15) is 0 Å². The van der Waals surface area contributed by atoms with Gasteiger partial charge in [0.25, 0.3) is 0 Å². The van der Waals surface area contributed by atoms with E-state index in [2.05, 4.69) is 10.0 Å². The topological polar surface area (TPSA) is 113 Å². The first-order valence-electron chi connectivity index (χ1n) is 8.85. The summed E-state index contributed by atoms with van der Waals surface area (Å²) in [6, 6.07) is 8.55. The molecule has 0 fully saturated rings. The minimum absolute atomic E-state index is 0.0118. The molecule has 1 amide bonds. The average Bonchev–Trinajstić information content (AvgIpc) is 2.62. The molecular weight excluding hydrogens is 433 g/mol. The predicted octanol–water partition coefficient (Wildman–Crippen LogP) is 2.00. The minimum Gasteiger partial charge on any atom is -0.326 e. The molecule has 11 heteroatoms. The highest BCUT2D eigenvalue weighted by molar-refractivity contribution is 7.89. The maximum absolute atomic E-state index is 13.2. The Morgan fingerprint density at radius 3 is 2.20 bits per heavy atom. The zero-order valence-electron chi connectivity index (χ0n) is 17.0. The number of carbonyl (C=O) groups excluding carboxylic acids is 1. The molecule has 0 radical (unpaired) electrons. The molecule has 0 saturated carbocycles. The highest BCUT2D eigenvalue weighted by Gasteiger charge is 2.22. The predicted molar refractivity (Wildman–Crippen MR) is 112 cm³/mol. The molecule has 0 saturated heterocycles. The maximum Gasteiger partial charge on any atom is 0.242 e. The fourth-order valence-electron chi connectivity index (χ4n) is 2.67. The molecule has 2 N–H and O–H groups in total. The lowest BCUT2D eigenvalue weighted by molar-refractivity contribution is -0.116. The van der Waals surface area contributed by atoms with Crippen molar-refractivity contribution in [3.05, 3.63) is 59.4 Å². The van der Waals surface area contributed by atoms with Crippen molar-refractivity contribution in [1.29, 1.82) is 0 Å². The van der Waals surface area contributed by atoms with Crippen LogP contribution in [0.15, 0.2) is 47.4 Å².